The third kappa shape index (κ3) is 325. The summed E-state index contributed by atoms with van der Waals surface area (Å²) in [6.07, 6.45) is 0. The average Bonchev–Trinajstić information content (AvgIpc) is 1.39. The second-order valence-electron chi connectivity index (χ2n) is 0.577. The third-order valence-corrected chi connectivity index (χ3v) is 0. The molecule has 56 valence electrons. The Morgan fingerprint density at radius 1 is 0.889 bits per heavy atom. The van der Waals surface area contributed by atoms with E-state index in [4.69, 9.17) is 10.2 Å². The van der Waals surface area contributed by atoms with Gasteiger partial charge in [0.15, 0.2) is 0 Å². The van der Waals surface area contributed by atoms with Gasteiger partial charge in [0.2, 0.25) is 0 Å². The zero-order chi connectivity index (χ0) is 5.41. The van der Waals surface area contributed by atoms with Crippen molar-refractivity contribution in [1.29, 1.82) is 0 Å². The van der Waals surface area contributed by atoms with E-state index in [0.29, 0.717) is 0 Å². The maximum Gasteiger partial charge on any atom is 4.00 e. The van der Waals surface area contributed by atoms with Gasteiger partial charge in [-0.15, -0.1) is 13.2 Å². The third-order valence-electron chi connectivity index (χ3n) is 0. The van der Waals surface area contributed by atoms with Crippen LogP contribution >= 0.6 is 0 Å². The molecule has 0 heterocycles. The number of hydrogen-bond donors (Lipinski definition) is 0. The zero-order valence-electron chi connectivity index (χ0n) is 5.49. The quantitative estimate of drug-likeness (QED) is 0.372. The monoisotopic (exact) mass is 208 g/mol. The van der Waals surface area contributed by atoms with Crippen molar-refractivity contribution in [3.8, 4) is 0 Å². The van der Waals surface area contributed by atoms with E-state index in [9.17, 15) is 0 Å². The van der Waals surface area contributed by atoms with Gasteiger partial charge in [0.1, 0.15) is 0 Å². The normalized spacial score (nSPS) is 4.00. The van der Waals surface area contributed by atoms with Gasteiger partial charge in [0.25, 0.3) is 0 Å². The molecule has 0 spiro atoms. The van der Waals surface area contributed by atoms with Crippen LogP contribution in [0.4, 0.5) is 0 Å². The second-order valence-corrected chi connectivity index (χ2v) is 0.577. The maximum atomic E-state index is 8.93. The van der Waals surface area contributed by atoms with Crippen LogP contribution in [0.15, 0.2) is 0 Å². The van der Waals surface area contributed by atoms with Gasteiger partial charge < -0.3 is 35.0 Å². The molecule has 0 radical (unpaired) electrons. The average molecular weight is 209 g/mol. The number of halogens is 2. The molecule has 0 saturated carbocycles. The molecule has 0 rings (SSSR count). The SMILES string of the molecule is CC[O-].CC[O-].[Cl-].[Cl-].[Ti+4]. The van der Waals surface area contributed by atoms with E-state index in [1.165, 1.54) is 0 Å². The molecule has 0 N–H and O–H groups in total. The van der Waals surface area contributed by atoms with Gasteiger partial charge in [-0.05, 0) is 0 Å². The predicted octanol–water partition coefficient (Wildman–Crippen LogP) is -7.26. The van der Waals surface area contributed by atoms with Crippen molar-refractivity contribution >= 4 is 0 Å². The van der Waals surface area contributed by atoms with E-state index in [2.05, 4.69) is 0 Å². The summed E-state index contributed by atoms with van der Waals surface area (Å²) in [6, 6.07) is 0. The molecular formula is C4H10Cl2O2Ti. The van der Waals surface area contributed by atoms with E-state index in [0.717, 1.165) is 0 Å². The van der Waals surface area contributed by atoms with E-state index in [1.807, 2.05) is 0 Å². The Balaban J connectivity index is -0.00000000889. The molecule has 9 heavy (non-hydrogen) atoms. The van der Waals surface area contributed by atoms with Crippen molar-refractivity contribution < 1.29 is 56.7 Å². The van der Waals surface area contributed by atoms with Crippen molar-refractivity contribution in [2.75, 3.05) is 13.2 Å². The van der Waals surface area contributed by atoms with Gasteiger partial charge in [-0.1, -0.05) is 13.8 Å². The first-order chi connectivity index (χ1) is 2.83. The Hall–Kier alpha value is 1.21. The predicted molar refractivity (Wildman–Crippen MR) is 21.1 cm³/mol. The van der Waals surface area contributed by atoms with Gasteiger partial charge >= 0.3 is 21.7 Å². The van der Waals surface area contributed by atoms with Crippen LogP contribution in [0.3, 0.4) is 0 Å². The summed E-state index contributed by atoms with van der Waals surface area (Å²) in [6.45, 7) is 3.14. The van der Waals surface area contributed by atoms with Crippen molar-refractivity contribution in [3.05, 3.63) is 0 Å². The molecule has 0 aliphatic carbocycles. The summed E-state index contributed by atoms with van der Waals surface area (Å²) in [5, 5.41) is 17.9. The van der Waals surface area contributed by atoms with Gasteiger partial charge in [0, 0.05) is 0 Å². The van der Waals surface area contributed by atoms with E-state index >= 15 is 0 Å². The summed E-state index contributed by atoms with van der Waals surface area (Å²) < 4.78 is 0. The fourth-order valence-electron chi connectivity index (χ4n) is 0. The van der Waals surface area contributed by atoms with E-state index in [-0.39, 0.29) is 59.7 Å². The Morgan fingerprint density at radius 2 is 0.889 bits per heavy atom. The Kier molecular flexibility index (Phi) is 213. The number of rotatable bonds is 0. The first-order valence-electron chi connectivity index (χ1n) is 1.99. The summed E-state index contributed by atoms with van der Waals surface area (Å²) in [7, 11) is 0. The summed E-state index contributed by atoms with van der Waals surface area (Å²) in [5.74, 6) is 0. The molecule has 0 unspecified atom stereocenters. The minimum absolute atomic E-state index is 0. The first-order valence-corrected chi connectivity index (χ1v) is 1.99. The van der Waals surface area contributed by atoms with Crippen LogP contribution in [0, 0.1) is 0 Å². The molecule has 0 fully saturated rings. The molecule has 0 aliphatic heterocycles. The van der Waals surface area contributed by atoms with E-state index < -0.39 is 0 Å². The van der Waals surface area contributed by atoms with E-state index in [1.54, 1.807) is 13.8 Å². The van der Waals surface area contributed by atoms with Gasteiger partial charge in [-0.25, -0.2) is 0 Å². The van der Waals surface area contributed by atoms with Crippen LogP contribution in [0.25, 0.3) is 0 Å². The summed E-state index contributed by atoms with van der Waals surface area (Å²) in [4.78, 5) is 0. The van der Waals surface area contributed by atoms with Crippen molar-refractivity contribution in [2.24, 2.45) is 0 Å². The van der Waals surface area contributed by atoms with Crippen LogP contribution in [0.2, 0.25) is 0 Å². The fraction of sp³-hybridized carbons (Fsp3) is 1.00. The molecule has 0 aromatic rings. The Morgan fingerprint density at radius 3 is 0.889 bits per heavy atom. The molecule has 0 amide bonds. The molecular weight excluding hydrogens is 199 g/mol. The smallest absolute Gasteiger partial charge is 1.00 e. The molecule has 0 atom stereocenters. The standard InChI is InChI=1S/2C2H5O.2ClH.Ti/c2*1-2-3;;;/h2*2H2,1H3;2*1H;/q2*-1;;;+4/p-2. The largest absolute Gasteiger partial charge is 4.00 e. The fourth-order valence-corrected chi connectivity index (χ4v) is 0. The molecule has 0 aromatic carbocycles. The minimum atomic E-state index is 0. The molecule has 0 bridgehead atoms. The van der Waals surface area contributed by atoms with Crippen molar-refractivity contribution in [3.63, 3.8) is 0 Å². The van der Waals surface area contributed by atoms with Gasteiger partial charge in [0.05, 0.1) is 0 Å². The second kappa shape index (κ2) is 60.2. The van der Waals surface area contributed by atoms with Crippen LogP contribution < -0.4 is 35.0 Å². The molecule has 0 saturated heterocycles. The maximum absolute atomic E-state index is 8.93. The van der Waals surface area contributed by atoms with Crippen LogP contribution in [-0.2, 0) is 21.7 Å². The Bertz CT molecular complexity index is 18.5. The summed E-state index contributed by atoms with van der Waals surface area (Å²) in [5.41, 5.74) is 0. The van der Waals surface area contributed by atoms with Crippen LogP contribution in [0.5, 0.6) is 0 Å². The van der Waals surface area contributed by atoms with Crippen molar-refractivity contribution in [2.45, 2.75) is 13.8 Å². The van der Waals surface area contributed by atoms with Gasteiger partial charge in [-0.2, -0.15) is 0 Å². The zero-order valence-corrected chi connectivity index (χ0v) is 8.56. The number of hydrogen-bond acceptors (Lipinski definition) is 2. The molecule has 0 aromatic heterocycles. The molecule has 0 aliphatic rings. The van der Waals surface area contributed by atoms with Crippen molar-refractivity contribution in [1.82, 2.24) is 0 Å². The van der Waals surface area contributed by atoms with Crippen LogP contribution in [-0.4, -0.2) is 13.2 Å². The molecule has 2 nitrogen and oxygen atoms in total. The van der Waals surface area contributed by atoms with Gasteiger partial charge in [-0.3, -0.25) is 0 Å². The molecule has 5 heteroatoms. The Labute approximate surface area is 83.7 Å². The topological polar surface area (TPSA) is 46.1 Å². The first kappa shape index (κ1) is 31.9. The van der Waals surface area contributed by atoms with Crippen LogP contribution in [0.1, 0.15) is 13.8 Å². The minimum Gasteiger partial charge on any atom is -1.00 e. The summed E-state index contributed by atoms with van der Waals surface area (Å²) >= 11 is 0.